The number of amides is 2. The van der Waals surface area contributed by atoms with Crippen molar-refractivity contribution in [3.8, 4) is 0 Å². The number of likely N-dealkylation sites (N-methyl/N-ethyl adjacent to an activating group) is 1. The molecule has 1 aliphatic rings. The van der Waals surface area contributed by atoms with Gasteiger partial charge in [-0.05, 0) is 36.2 Å². The number of rotatable bonds is 7. The van der Waals surface area contributed by atoms with Crippen molar-refractivity contribution in [2.24, 2.45) is 0 Å². The number of nitrogens with one attached hydrogen (secondary N) is 1. The number of carbonyl (C=O) groups excluding carboxylic acids is 2. The molecule has 2 aromatic rings. The van der Waals surface area contributed by atoms with Crippen LogP contribution < -0.4 is 5.32 Å². The van der Waals surface area contributed by atoms with Crippen LogP contribution in [0.1, 0.15) is 25.8 Å². The van der Waals surface area contributed by atoms with Crippen molar-refractivity contribution in [3.63, 3.8) is 0 Å². The zero-order chi connectivity index (χ0) is 20.1. The summed E-state index contributed by atoms with van der Waals surface area (Å²) in [5.74, 6) is -0.0668. The van der Waals surface area contributed by atoms with E-state index in [1.807, 2.05) is 26.0 Å². The summed E-state index contributed by atoms with van der Waals surface area (Å²) in [5, 5.41) is 5.30. The largest absolute Gasteiger partial charge is 0.353 e. The van der Waals surface area contributed by atoms with Crippen LogP contribution in [0, 0.1) is 0 Å². The molecule has 5 heteroatoms. The highest BCUT2D eigenvalue weighted by Gasteiger charge is 2.32. The third kappa shape index (κ3) is 4.78. The van der Waals surface area contributed by atoms with Crippen LogP contribution in [0.25, 0.3) is 10.8 Å². The lowest BCUT2D eigenvalue weighted by molar-refractivity contribution is -0.138. The fraction of sp³-hybridized carbons (Fsp3) is 0.391. The highest BCUT2D eigenvalue weighted by Crippen LogP contribution is 2.20. The minimum absolute atomic E-state index is 0.00365. The van der Waals surface area contributed by atoms with Gasteiger partial charge in [-0.25, -0.2) is 0 Å². The number of benzene rings is 2. The van der Waals surface area contributed by atoms with Gasteiger partial charge in [0.1, 0.15) is 0 Å². The van der Waals surface area contributed by atoms with Crippen molar-refractivity contribution in [1.82, 2.24) is 15.1 Å². The summed E-state index contributed by atoms with van der Waals surface area (Å²) < 4.78 is 0. The standard InChI is InChI=1S/C23H29N3O2/c1-4-25(15-17(2)3)22(27)14-21-23(28)24-11-12-26(21)16-18-9-10-19-7-5-6-8-20(19)13-18/h5-10,13,21H,2,4,11-12,14-16H2,1,3H3,(H,24,28)/t21-/m0/s1. The lowest BCUT2D eigenvalue weighted by Crippen LogP contribution is -2.56. The maximum absolute atomic E-state index is 12.8. The molecule has 5 nitrogen and oxygen atoms in total. The highest BCUT2D eigenvalue weighted by molar-refractivity contribution is 5.89. The summed E-state index contributed by atoms with van der Waals surface area (Å²) in [6, 6.07) is 14.2. The number of hydrogen-bond donors (Lipinski definition) is 1. The van der Waals surface area contributed by atoms with E-state index in [2.05, 4.69) is 47.1 Å². The van der Waals surface area contributed by atoms with Crippen molar-refractivity contribution in [1.29, 1.82) is 0 Å². The molecule has 0 bridgehead atoms. The molecule has 0 aromatic heterocycles. The quantitative estimate of drug-likeness (QED) is 0.753. The van der Waals surface area contributed by atoms with E-state index in [0.29, 0.717) is 26.2 Å². The lowest BCUT2D eigenvalue weighted by Gasteiger charge is -2.35. The molecule has 2 amide bonds. The Morgan fingerprint density at radius 2 is 2.00 bits per heavy atom. The summed E-state index contributed by atoms with van der Waals surface area (Å²) in [7, 11) is 0. The molecule has 0 aliphatic carbocycles. The minimum atomic E-state index is -0.438. The van der Waals surface area contributed by atoms with Gasteiger partial charge in [0.25, 0.3) is 0 Å². The molecule has 28 heavy (non-hydrogen) atoms. The van der Waals surface area contributed by atoms with Crippen LogP contribution in [0.3, 0.4) is 0 Å². The predicted molar refractivity (Wildman–Crippen MR) is 113 cm³/mol. The van der Waals surface area contributed by atoms with Gasteiger partial charge in [0.05, 0.1) is 12.5 Å². The highest BCUT2D eigenvalue weighted by atomic mass is 16.2. The molecule has 1 heterocycles. The van der Waals surface area contributed by atoms with Crippen molar-refractivity contribution in [2.45, 2.75) is 32.9 Å². The smallest absolute Gasteiger partial charge is 0.237 e. The van der Waals surface area contributed by atoms with E-state index in [-0.39, 0.29) is 18.2 Å². The molecular formula is C23H29N3O2. The molecule has 1 N–H and O–H groups in total. The monoisotopic (exact) mass is 379 g/mol. The maximum Gasteiger partial charge on any atom is 0.237 e. The van der Waals surface area contributed by atoms with E-state index < -0.39 is 6.04 Å². The Morgan fingerprint density at radius 1 is 1.25 bits per heavy atom. The van der Waals surface area contributed by atoms with Crippen LogP contribution in [0.5, 0.6) is 0 Å². The first-order valence-electron chi connectivity index (χ1n) is 9.89. The summed E-state index contributed by atoms with van der Waals surface area (Å²) in [6.07, 6.45) is 0.195. The fourth-order valence-corrected chi connectivity index (χ4v) is 3.74. The fourth-order valence-electron chi connectivity index (χ4n) is 3.74. The van der Waals surface area contributed by atoms with Crippen LogP contribution in [0.2, 0.25) is 0 Å². The predicted octanol–water partition coefficient (Wildman–Crippen LogP) is 2.95. The first-order chi connectivity index (χ1) is 13.5. The number of piperazine rings is 1. The van der Waals surface area contributed by atoms with Crippen LogP contribution in [-0.2, 0) is 16.1 Å². The molecule has 0 spiro atoms. The van der Waals surface area contributed by atoms with E-state index in [9.17, 15) is 9.59 Å². The van der Waals surface area contributed by atoms with Crippen molar-refractivity contribution < 1.29 is 9.59 Å². The third-order valence-electron chi connectivity index (χ3n) is 5.20. The molecule has 148 valence electrons. The van der Waals surface area contributed by atoms with Crippen molar-refractivity contribution >= 4 is 22.6 Å². The molecule has 0 saturated carbocycles. The Hall–Kier alpha value is -2.66. The average molecular weight is 380 g/mol. The lowest BCUT2D eigenvalue weighted by atomic mass is 10.0. The third-order valence-corrected chi connectivity index (χ3v) is 5.20. The second-order valence-corrected chi connectivity index (χ2v) is 7.53. The molecule has 0 radical (unpaired) electrons. The van der Waals surface area contributed by atoms with Crippen LogP contribution >= 0.6 is 0 Å². The van der Waals surface area contributed by atoms with Crippen LogP contribution in [0.4, 0.5) is 0 Å². The van der Waals surface area contributed by atoms with E-state index in [4.69, 9.17) is 0 Å². The molecule has 1 fully saturated rings. The number of hydrogen-bond acceptors (Lipinski definition) is 3. The second kappa shape index (κ2) is 9.02. The summed E-state index contributed by atoms with van der Waals surface area (Å²) in [6.45, 7) is 10.9. The van der Waals surface area contributed by atoms with Gasteiger partial charge in [0, 0.05) is 32.7 Å². The molecular weight excluding hydrogens is 350 g/mol. The summed E-state index contributed by atoms with van der Waals surface area (Å²) in [4.78, 5) is 29.2. The second-order valence-electron chi connectivity index (χ2n) is 7.53. The van der Waals surface area contributed by atoms with E-state index in [1.165, 1.54) is 10.8 Å². The van der Waals surface area contributed by atoms with Crippen molar-refractivity contribution in [2.75, 3.05) is 26.2 Å². The van der Waals surface area contributed by atoms with Gasteiger partial charge in [-0.15, -0.1) is 0 Å². The van der Waals surface area contributed by atoms with Gasteiger partial charge in [-0.3, -0.25) is 14.5 Å². The number of fused-ring (bicyclic) bond motifs is 1. The van der Waals surface area contributed by atoms with Gasteiger partial charge >= 0.3 is 0 Å². The Bertz CT molecular complexity index is 877. The Morgan fingerprint density at radius 3 is 2.71 bits per heavy atom. The maximum atomic E-state index is 12.8. The normalized spacial score (nSPS) is 17.4. The van der Waals surface area contributed by atoms with Gasteiger partial charge in [0.15, 0.2) is 0 Å². The van der Waals surface area contributed by atoms with E-state index in [1.54, 1.807) is 4.90 Å². The van der Waals surface area contributed by atoms with E-state index >= 15 is 0 Å². The minimum Gasteiger partial charge on any atom is -0.353 e. The van der Waals surface area contributed by atoms with Gasteiger partial charge < -0.3 is 10.2 Å². The molecule has 1 atom stereocenters. The summed E-state index contributed by atoms with van der Waals surface area (Å²) >= 11 is 0. The average Bonchev–Trinajstić information content (AvgIpc) is 2.68. The number of carbonyl (C=O) groups is 2. The Kier molecular flexibility index (Phi) is 6.47. The van der Waals surface area contributed by atoms with E-state index in [0.717, 1.165) is 17.7 Å². The molecule has 0 unspecified atom stereocenters. The Balaban J connectivity index is 1.75. The Labute approximate surface area is 167 Å². The van der Waals surface area contributed by atoms with Gasteiger partial charge in [0.2, 0.25) is 11.8 Å². The first-order valence-corrected chi connectivity index (χ1v) is 9.89. The molecule has 2 aromatic carbocycles. The van der Waals surface area contributed by atoms with Crippen LogP contribution in [-0.4, -0.2) is 53.8 Å². The van der Waals surface area contributed by atoms with Gasteiger partial charge in [-0.1, -0.05) is 48.6 Å². The zero-order valence-corrected chi connectivity index (χ0v) is 16.8. The molecule has 1 saturated heterocycles. The van der Waals surface area contributed by atoms with Gasteiger partial charge in [-0.2, -0.15) is 0 Å². The van der Waals surface area contributed by atoms with Crippen LogP contribution in [0.15, 0.2) is 54.6 Å². The SMILES string of the molecule is C=C(C)CN(CC)C(=O)C[C@H]1C(=O)NCCN1Cc1ccc2ccccc2c1. The first kappa shape index (κ1) is 20.1. The molecule has 1 aliphatic heterocycles. The topological polar surface area (TPSA) is 52.7 Å². The van der Waals surface area contributed by atoms with Crippen molar-refractivity contribution in [3.05, 3.63) is 60.2 Å². The zero-order valence-electron chi connectivity index (χ0n) is 16.8. The number of nitrogens with zero attached hydrogens (tertiary/aromatic N) is 2. The molecule has 3 rings (SSSR count). The summed E-state index contributed by atoms with van der Waals surface area (Å²) in [5.41, 5.74) is 2.09.